The molecule has 1 unspecified atom stereocenters. The van der Waals surface area contributed by atoms with Crippen LogP contribution in [0.1, 0.15) is 22.0 Å². The van der Waals surface area contributed by atoms with Crippen LogP contribution in [0.15, 0.2) is 29.6 Å². The first-order chi connectivity index (χ1) is 7.61. The van der Waals surface area contributed by atoms with Crippen molar-refractivity contribution in [3.8, 4) is 0 Å². The van der Waals surface area contributed by atoms with E-state index in [1.54, 1.807) is 11.3 Å². The van der Waals surface area contributed by atoms with Gasteiger partial charge in [0.1, 0.15) is 0 Å². The molecule has 1 nitrogen and oxygen atoms in total. The minimum atomic E-state index is -0.126. The highest BCUT2D eigenvalue weighted by atomic mass is 127. The first-order valence-electron chi connectivity index (χ1n) is 4.84. The Labute approximate surface area is 118 Å². The number of hydrogen-bond acceptors (Lipinski definition) is 2. The van der Waals surface area contributed by atoms with Gasteiger partial charge in [-0.2, -0.15) is 0 Å². The van der Waals surface area contributed by atoms with E-state index in [-0.39, 0.29) is 6.04 Å². The van der Waals surface area contributed by atoms with Crippen molar-refractivity contribution < 1.29 is 0 Å². The van der Waals surface area contributed by atoms with Crippen LogP contribution >= 0.6 is 45.5 Å². The Balaban J connectivity index is 2.46. The molecular weight excluding hydrogens is 353 g/mol. The van der Waals surface area contributed by atoms with E-state index in [0.29, 0.717) is 0 Å². The summed E-state index contributed by atoms with van der Waals surface area (Å²) in [5.74, 6) is 0. The zero-order valence-electron chi connectivity index (χ0n) is 8.71. The number of benzene rings is 1. The number of thiophene rings is 1. The molecule has 2 rings (SSSR count). The summed E-state index contributed by atoms with van der Waals surface area (Å²) in [5, 5.41) is 2.73. The molecule has 2 N–H and O–H groups in total. The zero-order valence-corrected chi connectivity index (χ0v) is 12.4. The van der Waals surface area contributed by atoms with Crippen LogP contribution in [0.5, 0.6) is 0 Å². The zero-order chi connectivity index (χ0) is 11.7. The van der Waals surface area contributed by atoms with Gasteiger partial charge in [0.15, 0.2) is 0 Å². The monoisotopic (exact) mass is 363 g/mol. The molecular formula is C12H11ClINS. The third-order valence-corrected chi connectivity index (χ3v) is 5.40. The summed E-state index contributed by atoms with van der Waals surface area (Å²) in [6, 6.07) is 7.96. The average Bonchev–Trinajstić information content (AvgIpc) is 2.68. The smallest absolute Gasteiger partial charge is 0.0671 e. The molecule has 0 saturated heterocycles. The van der Waals surface area contributed by atoms with Crippen LogP contribution in [0.3, 0.4) is 0 Å². The maximum Gasteiger partial charge on any atom is 0.0671 e. The third-order valence-electron chi connectivity index (χ3n) is 2.48. The van der Waals surface area contributed by atoms with Crippen molar-refractivity contribution in [3.63, 3.8) is 0 Å². The second kappa shape index (κ2) is 5.04. The number of rotatable bonds is 2. The number of halogens is 2. The van der Waals surface area contributed by atoms with Gasteiger partial charge in [-0.05, 0) is 52.1 Å². The van der Waals surface area contributed by atoms with Gasteiger partial charge in [-0.15, -0.1) is 11.3 Å². The molecule has 1 heterocycles. The van der Waals surface area contributed by atoms with Crippen LogP contribution in [0.25, 0.3) is 0 Å². The second-order valence-electron chi connectivity index (χ2n) is 3.59. The van der Waals surface area contributed by atoms with Crippen LogP contribution in [-0.2, 0) is 0 Å². The lowest BCUT2D eigenvalue weighted by Gasteiger charge is -2.14. The van der Waals surface area contributed by atoms with Crippen LogP contribution in [0, 0.1) is 10.5 Å². The Hall–Kier alpha value is -0.100. The van der Waals surface area contributed by atoms with Gasteiger partial charge in [-0.1, -0.05) is 29.8 Å². The Kier molecular flexibility index (Phi) is 3.89. The van der Waals surface area contributed by atoms with Crippen molar-refractivity contribution in [1.29, 1.82) is 0 Å². The lowest BCUT2D eigenvalue weighted by molar-refractivity contribution is 0.884. The van der Waals surface area contributed by atoms with Crippen LogP contribution in [0.4, 0.5) is 0 Å². The van der Waals surface area contributed by atoms with Crippen molar-refractivity contribution in [3.05, 3.63) is 54.2 Å². The fourth-order valence-electron chi connectivity index (χ4n) is 1.58. The second-order valence-corrected chi connectivity index (χ2v) is 6.02. The maximum atomic E-state index is 6.25. The summed E-state index contributed by atoms with van der Waals surface area (Å²) in [5.41, 5.74) is 8.65. The van der Waals surface area contributed by atoms with Gasteiger partial charge in [0.05, 0.1) is 11.1 Å². The molecule has 84 valence electrons. The SMILES string of the molecule is Cc1cccc(C(N)c2sccc2Cl)c1I. The number of aryl methyl sites for hydroxylation is 1. The van der Waals surface area contributed by atoms with Gasteiger partial charge in [-0.3, -0.25) is 0 Å². The molecule has 0 aliphatic heterocycles. The molecule has 0 bridgehead atoms. The summed E-state index contributed by atoms with van der Waals surface area (Å²) >= 11 is 10.0. The lowest BCUT2D eigenvalue weighted by Crippen LogP contribution is -2.12. The highest BCUT2D eigenvalue weighted by Crippen LogP contribution is 2.33. The van der Waals surface area contributed by atoms with Gasteiger partial charge in [-0.25, -0.2) is 0 Å². The van der Waals surface area contributed by atoms with Crippen molar-refractivity contribution in [1.82, 2.24) is 0 Å². The van der Waals surface area contributed by atoms with E-state index in [0.717, 1.165) is 15.5 Å². The van der Waals surface area contributed by atoms with Crippen molar-refractivity contribution in [2.24, 2.45) is 5.73 Å². The minimum Gasteiger partial charge on any atom is -0.320 e. The largest absolute Gasteiger partial charge is 0.320 e. The molecule has 1 aromatic heterocycles. The van der Waals surface area contributed by atoms with Gasteiger partial charge in [0.25, 0.3) is 0 Å². The molecule has 0 aliphatic carbocycles. The molecule has 0 amide bonds. The molecule has 0 fully saturated rings. The Morgan fingerprint density at radius 1 is 1.38 bits per heavy atom. The predicted octanol–water partition coefficient (Wildman–Crippen LogP) is 4.36. The van der Waals surface area contributed by atoms with Crippen molar-refractivity contribution in [2.75, 3.05) is 0 Å². The summed E-state index contributed by atoms with van der Waals surface area (Å²) in [6.07, 6.45) is 0. The Bertz CT molecular complexity index is 509. The van der Waals surface area contributed by atoms with Gasteiger partial charge in [0, 0.05) is 8.45 Å². The van der Waals surface area contributed by atoms with E-state index in [9.17, 15) is 0 Å². The normalized spacial score (nSPS) is 12.8. The lowest BCUT2D eigenvalue weighted by atomic mass is 10.0. The van der Waals surface area contributed by atoms with E-state index < -0.39 is 0 Å². The predicted molar refractivity (Wildman–Crippen MR) is 79.3 cm³/mol. The van der Waals surface area contributed by atoms with Gasteiger partial charge >= 0.3 is 0 Å². The van der Waals surface area contributed by atoms with Crippen LogP contribution in [0.2, 0.25) is 5.02 Å². The van der Waals surface area contributed by atoms with Gasteiger partial charge in [0.2, 0.25) is 0 Å². The molecule has 2 aromatic rings. The molecule has 0 saturated carbocycles. The first kappa shape index (κ1) is 12.4. The molecule has 0 spiro atoms. The summed E-state index contributed by atoms with van der Waals surface area (Å²) in [7, 11) is 0. The summed E-state index contributed by atoms with van der Waals surface area (Å²) in [6.45, 7) is 2.09. The van der Waals surface area contributed by atoms with E-state index in [1.165, 1.54) is 9.13 Å². The Morgan fingerprint density at radius 2 is 2.12 bits per heavy atom. The van der Waals surface area contributed by atoms with Crippen molar-refractivity contribution >= 4 is 45.5 Å². The number of hydrogen-bond donors (Lipinski definition) is 1. The first-order valence-corrected chi connectivity index (χ1v) is 7.18. The van der Waals surface area contributed by atoms with Crippen molar-refractivity contribution in [2.45, 2.75) is 13.0 Å². The van der Waals surface area contributed by atoms with E-state index in [2.05, 4.69) is 41.6 Å². The fraction of sp³-hybridized carbons (Fsp3) is 0.167. The molecule has 1 atom stereocenters. The minimum absolute atomic E-state index is 0.126. The van der Waals surface area contributed by atoms with Crippen LogP contribution in [-0.4, -0.2) is 0 Å². The molecule has 16 heavy (non-hydrogen) atoms. The molecule has 0 aliphatic rings. The summed E-state index contributed by atoms with van der Waals surface area (Å²) in [4.78, 5) is 1.03. The van der Waals surface area contributed by atoms with E-state index >= 15 is 0 Å². The molecule has 4 heteroatoms. The highest BCUT2D eigenvalue weighted by molar-refractivity contribution is 14.1. The quantitative estimate of drug-likeness (QED) is 0.788. The Morgan fingerprint density at radius 3 is 2.75 bits per heavy atom. The highest BCUT2D eigenvalue weighted by Gasteiger charge is 2.16. The van der Waals surface area contributed by atoms with Crippen LogP contribution < -0.4 is 5.73 Å². The fourth-order valence-corrected chi connectivity index (χ4v) is 3.47. The average molecular weight is 364 g/mol. The molecule has 1 aromatic carbocycles. The molecule has 0 radical (unpaired) electrons. The van der Waals surface area contributed by atoms with Gasteiger partial charge < -0.3 is 5.73 Å². The van der Waals surface area contributed by atoms with E-state index in [4.69, 9.17) is 17.3 Å². The summed E-state index contributed by atoms with van der Waals surface area (Å²) < 4.78 is 1.22. The number of nitrogens with two attached hydrogens (primary N) is 1. The topological polar surface area (TPSA) is 26.0 Å². The standard InChI is InChI=1S/C12H11ClINS/c1-7-3-2-4-8(10(7)14)11(15)12-9(13)5-6-16-12/h2-6,11H,15H2,1H3. The maximum absolute atomic E-state index is 6.25. The third kappa shape index (κ3) is 2.27. The van der Waals surface area contributed by atoms with E-state index in [1.807, 2.05) is 17.5 Å².